The molecule has 0 saturated carbocycles. The van der Waals surface area contributed by atoms with Crippen LogP contribution in [0.4, 0.5) is 0 Å². The van der Waals surface area contributed by atoms with Crippen molar-refractivity contribution < 1.29 is 9.53 Å². The normalized spacial score (nSPS) is 20.1. The molecule has 1 aromatic heterocycles. The van der Waals surface area contributed by atoms with Crippen molar-refractivity contribution in [2.75, 3.05) is 18.1 Å². The van der Waals surface area contributed by atoms with Crippen molar-refractivity contribution in [3.05, 3.63) is 59.9 Å². The number of hydrogen-bond donors (Lipinski definition) is 1. The van der Waals surface area contributed by atoms with Crippen LogP contribution in [-0.2, 0) is 0 Å². The van der Waals surface area contributed by atoms with E-state index in [0.717, 1.165) is 59.9 Å². The van der Waals surface area contributed by atoms with Crippen LogP contribution in [0, 0.1) is 0 Å². The first-order valence-electron chi connectivity index (χ1n) is 9.88. The first-order valence-corrected chi connectivity index (χ1v) is 11.0. The fourth-order valence-corrected chi connectivity index (χ4v) is 4.47. The molecule has 2 saturated heterocycles. The van der Waals surface area contributed by atoms with Gasteiger partial charge in [0.25, 0.3) is 5.91 Å². The van der Waals surface area contributed by atoms with Gasteiger partial charge in [-0.05, 0) is 55.7 Å². The quantitative estimate of drug-likeness (QED) is 0.713. The molecule has 0 radical (unpaired) electrons. The number of nitrogens with zero attached hydrogens (tertiary/aromatic N) is 2. The minimum absolute atomic E-state index is 0.00317. The molecule has 2 aromatic carbocycles. The van der Waals surface area contributed by atoms with Crippen molar-refractivity contribution in [1.29, 1.82) is 0 Å². The third kappa shape index (κ3) is 3.37. The van der Waals surface area contributed by atoms with E-state index in [9.17, 15) is 4.79 Å². The molecule has 0 spiro atoms. The van der Waals surface area contributed by atoms with Crippen molar-refractivity contribution in [3.8, 4) is 5.75 Å². The first kappa shape index (κ1) is 17.6. The Balaban J connectivity index is 1.37. The lowest BCUT2D eigenvalue weighted by Gasteiger charge is -2.34. The van der Waals surface area contributed by atoms with E-state index >= 15 is 0 Å². The van der Waals surface area contributed by atoms with Crippen LogP contribution < -0.4 is 4.74 Å². The molecule has 28 heavy (non-hydrogen) atoms. The predicted octanol–water partition coefficient (Wildman–Crippen LogP) is 4.42. The number of aromatic amines is 1. The summed E-state index contributed by atoms with van der Waals surface area (Å²) in [4.78, 5) is 23.4. The van der Waals surface area contributed by atoms with Crippen molar-refractivity contribution >= 4 is 28.7 Å². The molecule has 6 heteroatoms. The minimum atomic E-state index is -0.00317. The zero-order chi connectivity index (χ0) is 18.9. The predicted molar refractivity (Wildman–Crippen MR) is 112 cm³/mol. The van der Waals surface area contributed by atoms with Gasteiger partial charge in [0.15, 0.2) is 0 Å². The van der Waals surface area contributed by atoms with Crippen LogP contribution in [0.1, 0.15) is 41.5 Å². The smallest absolute Gasteiger partial charge is 0.254 e. The number of fused-ring (bicyclic) bond motifs is 1. The van der Waals surface area contributed by atoms with Crippen molar-refractivity contribution in [3.63, 3.8) is 0 Å². The van der Waals surface area contributed by atoms with Gasteiger partial charge in [-0.2, -0.15) is 11.8 Å². The highest BCUT2D eigenvalue weighted by Crippen LogP contribution is 2.32. The van der Waals surface area contributed by atoms with Crippen LogP contribution in [0.15, 0.2) is 48.5 Å². The molecule has 2 aliphatic heterocycles. The summed E-state index contributed by atoms with van der Waals surface area (Å²) in [5, 5.41) is 0. The summed E-state index contributed by atoms with van der Waals surface area (Å²) in [6.07, 6.45) is 3.39. The zero-order valence-electron chi connectivity index (χ0n) is 15.6. The van der Waals surface area contributed by atoms with Gasteiger partial charge in [-0.15, -0.1) is 0 Å². The number of piperidine rings is 1. The molecule has 1 N–H and O–H groups in total. The number of likely N-dealkylation sites (tertiary alicyclic amines) is 1. The third-order valence-electron chi connectivity index (χ3n) is 5.50. The average Bonchev–Trinajstić information content (AvgIpc) is 3.15. The number of amides is 1. The Kier molecular flexibility index (Phi) is 4.72. The number of para-hydroxylation sites is 2. The van der Waals surface area contributed by atoms with Crippen LogP contribution in [0.5, 0.6) is 5.75 Å². The van der Waals surface area contributed by atoms with E-state index in [1.54, 1.807) is 0 Å². The summed E-state index contributed by atoms with van der Waals surface area (Å²) >= 11 is 1.90. The van der Waals surface area contributed by atoms with Gasteiger partial charge in [0.2, 0.25) is 0 Å². The molecule has 1 atom stereocenters. The highest BCUT2D eigenvalue weighted by Gasteiger charge is 2.31. The Morgan fingerprint density at radius 2 is 1.93 bits per heavy atom. The van der Waals surface area contributed by atoms with Gasteiger partial charge in [0.1, 0.15) is 17.7 Å². The highest BCUT2D eigenvalue weighted by molar-refractivity contribution is 8.00. The van der Waals surface area contributed by atoms with Crippen LogP contribution in [-0.4, -0.2) is 44.9 Å². The molecular formula is C22H23N3O2S. The molecule has 0 bridgehead atoms. The molecule has 0 aliphatic carbocycles. The molecule has 3 aromatic rings. The van der Waals surface area contributed by atoms with E-state index in [2.05, 4.69) is 4.98 Å². The monoisotopic (exact) mass is 393 g/mol. The van der Waals surface area contributed by atoms with Gasteiger partial charge < -0.3 is 14.6 Å². The van der Waals surface area contributed by atoms with Crippen LogP contribution in [0.3, 0.4) is 0 Å². The maximum atomic E-state index is 13.2. The topological polar surface area (TPSA) is 58.2 Å². The number of imidazole rings is 1. The molecule has 1 amide bonds. The van der Waals surface area contributed by atoms with Gasteiger partial charge in [0, 0.05) is 23.6 Å². The Morgan fingerprint density at radius 1 is 1.11 bits per heavy atom. The number of aromatic nitrogens is 2. The number of H-pyrrole nitrogens is 1. The Hall–Kier alpha value is -2.47. The maximum absolute atomic E-state index is 13.2. The number of rotatable bonds is 4. The SMILES string of the molecule is O=C(c1ccc(OC2CSC2)cc1)N1CCCC[C@H]1c1nc2ccccc2[nH]1. The summed E-state index contributed by atoms with van der Waals surface area (Å²) in [6.45, 7) is 0.762. The Morgan fingerprint density at radius 3 is 2.68 bits per heavy atom. The number of thioether (sulfide) groups is 1. The maximum Gasteiger partial charge on any atom is 0.254 e. The van der Waals surface area contributed by atoms with E-state index in [0.29, 0.717) is 11.7 Å². The van der Waals surface area contributed by atoms with Crippen molar-refractivity contribution in [1.82, 2.24) is 14.9 Å². The standard InChI is InChI=1S/C22H23N3O2S/c26-22(15-8-10-16(11-9-15)27-17-13-28-14-17)25-12-4-3-7-20(25)21-23-18-5-1-2-6-19(18)24-21/h1-2,5-6,8-11,17,20H,3-4,7,12-14H2,(H,23,24)/t20-/m0/s1. The van der Waals surface area contributed by atoms with Crippen molar-refractivity contribution in [2.24, 2.45) is 0 Å². The second-order valence-corrected chi connectivity index (χ2v) is 8.53. The number of benzene rings is 2. The van der Waals surface area contributed by atoms with Gasteiger partial charge in [0.05, 0.1) is 17.1 Å². The summed E-state index contributed by atoms with van der Waals surface area (Å²) in [6, 6.07) is 15.6. The van der Waals surface area contributed by atoms with Crippen LogP contribution in [0.25, 0.3) is 11.0 Å². The molecule has 0 unspecified atom stereocenters. The van der Waals surface area contributed by atoms with Gasteiger partial charge in [-0.25, -0.2) is 4.98 Å². The molecular weight excluding hydrogens is 370 g/mol. The van der Waals surface area contributed by atoms with Gasteiger partial charge in [-0.3, -0.25) is 4.79 Å². The number of nitrogens with one attached hydrogen (secondary N) is 1. The molecule has 2 fully saturated rings. The lowest BCUT2D eigenvalue weighted by atomic mass is 10.00. The fourth-order valence-electron chi connectivity index (χ4n) is 3.91. The summed E-state index contributed by atoms with van der Waals surface area (Å²) in [7, 11) is 0. The second-order valence-electron chi connectivity index (χ2n) is 7.45. The number of ether oxygens (including phenoxy) is 1. The van der Waals surface area contributed by atoms with Crippen LogP contribution >= 0.6 is 11.8 Å². The van der Waals surface area contributed by atoms with E-state index in [4.69, 9.17) is 9.72 Å². The summed E-state index contributed by atoms with van der Waals surface area (Å²) in [5.41, 5.74) is 2.68. The lowest BCUT2D eigenvalue weighted by molar-refractivity contribution is 0.0601. The number of carbonyl (C=O) groups is 1. The summed E-state index contributed by atoms with van der Waals surface area (Å²) in [5.74, 6) is 3.89. The fraction of sp³-hybridized carbons (Fsp3) is 0.364. The van der Waals surface area contributed by atoms with Crippen molar-refractivity contribution in [2.45, 2.75) is 31.4 Å². The summed E-state index contributed by atoms with van der Waals surface area (Å²) < 4.78 is 5.89. The van der Waals surface area contributed by atoms with E-state index in [1.165, 1.54) is 0 Å². The average molecular weight is 394 g/mol. The van der Waals surface area contributed by atoms with Gasteiger partial charge in [-0.1, -0.05) is 12.1 Å². The first-order chi connectivity index (χ1) is 13.8. The molecule has 144 valence electrons. The molecule has 5 rings (SSSR count). The Bertz CT molecular complexity index is 948. The minimum Gasteiger partial charge on any atom is -0.489 e. The zero-order valence-corrected chi connectivity index (χ0v) is 16.5. The van der Waals surface area contributed by atoms with E-state index in [-0.39, 0.29) is 11.9 Å². The lowest BCUT2D eigenvalue weighted by Crippen LogP contribution is -2.39. The van der Waals surface area contributed by atoms with E-state index in [1.807, 2.05) is 65.2 Å². The van der Waals surface area contributed by atoms with E-state index < -0.39 is 0 Å². The number of hydrogen-bond acceptors (Lipinski definition) is 4. The largest absolute Gasteiger partial charge is 0.489 e. The molecule has 5 nitrogen and oxygen atoms in total. The molecule has 2 aliphatic rings. The van der Waals surface area contributed by atoms with Gasteiger partial charge >= 0.3 is 0 Å². The third-order valence-corrected chi connectivity index (χ3v) is 6.71. The number of carbonyl (C=O) groups excluding carboxylic acids is 1. The highest BCUT2D eigenvalue weighted by atomic mass is 32.2. The second kappa shape index (κ2) is 7.51. The Labute approximate surface area is 168 Å². The van der Waals surface area contributed by atoms with Crippen LogP contribution in [0.2, 0.25) is 0 Å². The molecule has 3 heterocycles.